The average molecular weight is 102 g/mol. The van der Waals surface area contributed by atoms with Crippen molar-refractivity contribution in [1.82, 2.24) is 0 Å². The van der Waals surface area contributed by atoms with Crippen LogP contribution in [0.3, 0.4) is 0 Å². The third kappa shape index (κ3) is 4.60. The van der Waals surface area contributed by atoms with E-state index in [2.05, 4.69) is 36.8 Å². The topological polar surface area (TPSA) is 0 Å². The predicted octanol–water partition coefficient (Wildman–Crippen LogP) is 1.37. The van der Waals surface area contributed by atoms with Crippen LogP contribution in [0.1, 0.15) is 0 Å². The van der Waals surface area contributed by atoms with E-state index in [0.29, 0.717) is 0 Å². The Morgan fingerprint density at radius 3 is 1.50 bits per heavy atom. The first-order valence-corrected chi connectivity index (χ1v) is 2.14. The minimum absolute atomic E-state index is 1.50. The molecule has 0 bridgehead atoms. The Labute approximate surface area is 49.9 Å². The van der Waals surface area contributed by atoms with Gasteiger partial charge in [-0.25, -0.2) is 0 Å². The van der Waals surface area contributed by atoms with Crippen molar-refractivity contribution >= 4 is 0 Å². The fraction of sp³-hybridized carbons (Fsp3) is 0. The van der Waals surface area contributed by atoms with Crippen molar-refractivity contribution in [3.8, 4) is 23.7 Å². The molecule has 0 aromatic carbocycles. The van der Waals surface area contributed by atoms with E-state index in [1.807, 2.05) is 0 Å². The van der Waals surface area contributed by atoms with Crippen LogP contribution in [0.5, 0.6) is 0 Å². The predicted molar refractivity (Wildman–Crippen MR) is 35.9 cm³/mol. The molecule has 0 atom stereocenters. The second kappa shape index (κ2) is 5.60. The quantitative estimate of drug-likeness (QED) is 0.405. The lowest BCUT2D eigenvalue weighted by Gasteiger charge is -1.54. The molecule has 8 heavy (non-hydrogen) atoms. The summed E-state index contributed by atoms with van der Waals surface area (Å²) in [5.41, 5.74) is 0. The van der Waals surface area contributed by atoms with Crippen molar-refractivity contribution in [1.29, 1.82) is 0 Å². The highest BCUT2D eigenvalue weighted by Gasteiger charge is 1.48. The molecule has 38 valence electrons. The summed E-state index contributed by atoms with van der Waals surface area (Å²) in [5.74, 6) is 10.2. The molecule has 0 heterocycles. The molecule has 0 aliphatic carbocycles. The van der Waals surface area contributed by atoms with Gasteiger partial charge in [0.25, 0.3) is 0 Å². The van der Waals surface area contributed by atoms with Gasteiger partial charge in [0.2, 0.25) is 0 Å². The Morgan fingerprint density at radius 1 is 0.875 bits per heavy atom. The first kappa shape index (κ1) is 6.60. The molecule has 0 fully saturated rings. The highest BCUT2D eigenvalue weighted by molar-refractivity contribution is 5.32. The van der Waals surface area contributed by atoms with Gasteiger partial charge in [-0.3, -0.25) is 0 Å². The summed E-state index contributed by atoms with van der Waals surface area (Å²) in [7, 11) is 0. The second-order valence-electron chi connectivity index (χ2n) is 0.947. The van der Waals surface area contributed by atoms with Crippen LogP contribution in [-0.2, 0) is 0 Å². The molecular weight excluding hydrogens is 96.1 g/mol. The Hall–Kier alpha value is -1.40. The zero-order chi connectivity index (χ0) is 6.24. The van der Waals surface area contributed by atoms with E-state index >= 15 is 0 Å². The third-order valence-corrected chi connectivity index (χ3v) is 0.411. The first-order valence-electron chi connectivity index (χ1n) is 2.14. The second-order valence-corrected chi connectivity index (χ2v) is 0.947. The summed E-state index contributed by atoms with van der Waals surface area (Å²) >= 11 is 0. The van der Waals surface area contributed by atoms with E-state index in [0.717, 1.165) is 0 Å². The Bertz CT molecular complexity index is 164. The van der Waals surface area contributed by atoms with Crippen LogP contribution < -0.4 is 0 Å². The minimum Gasteiger partial charge on any atom is -0.0906 e. The molecule has 0 spiro atoms. The average Bonchev–Trinajstić information content (AvgIpc) is 1.81. The molecule has 0 amide bonds. The summed E-state index contributed by atoms with van der Waals surface area (Å²) in [6, 6.07) is 0. The van der Waals surface area contributed by atoms with Crippen LogP contribution in [0.25, 0.3) is 0 Å². The van der Waals surface area contributed by atoms with Gasteiger partial charge in [0.15, 0.2) is 0 Å². The standard InChI is InChI=1S/C8H6/c1-3-5-7-8-6-4-2/h3-4H,1-2H2. The summed E-state index contributed by atoms with van der Waals surface area (Å²) in [5, 5.41) is 0. The van der Waals surface area contributed by atoms with Gasteiger partial charge in [0.1, 0.15) is 0 Å². The van der Waals surface area contributed by atoms with Gasteiger partial charge in [-0.05, 0) is 24.0 Å². The highest BCUT2D eigenvalue weighted by Crippen LogP contribution is 1.56. The van der Waals surface area contributed by atoms with Crippen LogP contribution in [0.4, 0.5) is 0 Å². The van der Waals surface area contributed by atoms with Gasteiger partial charge in [-0.15, -0.1) is 0 Å². The maximum atomic E-state index is 3.39. The molecule has 0 unspecified atom stereocenters. The molecule has 0 heteroatoms. The maximum absolute atomic E-state index is 3.39. The largest absolute Gasteiger partial charge is 0.0906 e. The van der Waals surface area contributed by atoms with Crippen molar-refractivity contribution in [2.75, 3.05) is 0 Å². The van der Waals surface area contributed by atoms with Gasteiger partial charge < -0.3 is 0 Å². The summed E-state index contributed by atoms with van der Waals surface area (Å²) < 4.78 is 0. The molecule has 0 saturated heterocycles. The van der Waals surface area contributed by atoms with Gasteiger partial charge >= 0.3 is 0 Å². The maximum Gasteiger partial charge on any atom is -0.0102 e. The fourth-order valence-corrected chi connectivity index (χ4v) is 0.174. The molecule has 0 rings (SSSR count). The van der Waals surface area contributed by atoms with Crippen LogP contribution in [0.15, 0.2) is 25.3 Å². The Kier molecular flexibility index (Phi) is 4.62. The van der Waals surface area contributed by atoms with Crippen molar-refractivity contribution < 1.29 is 0 Å². The lowest BCUT2D eigenvalue weighted by Crippen LogP contribution is -1.47. The van der Waals surface area contributed by atoms with Gasteiger partial charge in [0, 0.05) is 0 Å². The van der Waals surface area contributed by atoms with Crippen molar-refractivity contribution in [2.45, 2.75) is 0 Å². The molecule has 0 aromatic heterocycles. The molecule has 0 aliphatic rings. The van der Waals surface area contributed by atoms with Gasteiger partial charge in [-0.2, -0.15) is 0 Å². The molecule has 0 aliphatic heterocycles. The Morgan fingerprint density at radius 2 is 1.25 bits per heavy atom. The molecule has 0 saturated carbocycles. The normalized spacial score (nSPS) is 4.50. The van der Waals surface area contributed by atoms with Crippen molar-refractivity contribution in [3.05, 3.63) is 25.3 Å². The lowest BCUT2D eigenvalue weighted by molar-refractivity contribution is 2.24. The van der Waals surface area contributed by atoms with Crippen LogP contribution in [-0.4, -0.2) is 0 Å². The zero-order valence-electron chi connectivity index (χ0n) is 4.57. The molecule has 0 N–H and O–H groups in total. The summed E-state index contributed by atoms with van der Waals surface area (Å²) in [6.45, 7) is 6.78. The molecule has 0 aromatic rings. The Balaban J connectivity index is 3.73. The van der Waals surface area contributed by atoms with E-state index < -0.39 is 0 Å². The van der Waals surface area contributed by atoms with Crippen LogP contribution >= 0.6 is 0 Å². The number of hydrogen-bond acceptors (Lipinski definition) is 0. The number of allylic oxidation sites excluding steroid dienone is 2. The summed E-state index contributed by atoms with van der Waals surface area (Å²) in [6.07, 6.45) is 3.00. The SMILES string of the molecule is C=CC#CC#CC=C. The van der Waals surface area contributed by atoms with E-state index in [1.165, 1.54) is 12.2 Å². The van der Waals surface area contributed by atoms with E-state index in [9.17, 15) is 0 Å². The first-order chi connectivity index (χ1) is 3.91. The van der Waals surface area contributed by atoms with E-state index in [4.69, 9.17) is 0 Å². The lowest BCUT2D eigenvalue weighted by atomic mass is 10.5. The molecular formula is C8H6. The van der Waals surface area contributed by atoms with Crippen molar-refractivity contribution in [3.63, 3.8) is 0 Å². The van der Waals surface area contributed by atoms with E-state index in [1.54, 1.807) is 0 Å². The fourth-order valence-electron chi connectivity index (χ4n) is 0.174. The van der Waals surface area contributed by atoms with Crippen LogP contribution in [0, 0.1) is 23.7 Å². The monoisotopic (exact) mass is 102 g/mol. The van der Waals surface area contributed by atoms with E-state index in [-0.39, 0.29) is 0 Å². The van der Waals surface area contributed by atoms with Gasteiger partial charge in [0.05, 0.1) is 0 Å². The smallest absolute Gasteiger partial charge is 0.0102 e. The number of rotatable bonds is 0. The third-order valence-electron chi connectivity index (χ3n) is 0.411. The zero-order valence-corrected chi connectivity index (χ0v) is 4.57. The number of hydrogen-bond donors (Lipinski definition) is 0. The van der Waals surface area contributed by atoms with Crippen LogP contribution in [0.2, 0.25) is 0 Å². The van der Waals surface area contributed by atoms with Crippen molar-refractivity contribution in [2.24, 2.45) is 0 Å². The summed E-state index contributed by atoms with van der Waals surface area (Å²) in [4.78, 5) is 0. The van der Waals surface area contributed by atoms with Gasteiger partial charge in [-0.1, -0.05) is 25.0 Å². The highest BCUT2D eigenvalue weighted by atomic mass is 13.5. The molecule has 0 nitrogen and oxygen atoms in total. The molecule has 0 radical (unpaired) electrons. The minimum atomic E-state index is 1.50.